The van der Waals surface area contributed by atoms with E-state index in [9.17, 15) is 41.4 Å². The van der Waals surface area contributed by atoms with Gasteiger partial charge in [0.1, 0.15) is 4.90 Å². The first kappa shape index (κ1) is 25.7. The first-order valence-corrected chi connectivity index (χ1v) is 13.9. The van der Waals surface area contributed by atoms with E-state index >= 15 is 0 Å². The van der Waals surface area contributed by atoms with Crippen LogP contribution in [0.25, 0.3) is 10.8 Å². The van der Waals surface area contributed by atoms with Gasteiger partial charge in [0, 0.05) is 27.7 Å². The molecule has 0 radical (unpaired) electrons. The number of aromatic carboxylic acids is 2. The molecule has 12 nitrogen and oxygen atoms in total. The lowest BCUT2D eigenvalue weighted by Gasteiger charge is -2.16. The third-order valence-corrected chi connectivity index (χ3v) is 8.68. The third kappa shape index (κ3) is 4.62. The molecule has 4 aromatic carbocycles. The number of nitrogens with one attached hydrogen (secondary N) is 3. The molecule has 39 heavy (non-hydrogen) atoms. The minimum absolute atomic E-state index is 0.0299. The number of rotatable bonds is 8. The number of benzene rings is 4. The average molecular weight is 566 g/mol. The first-order valence-electron chi connectivity index (χ1n) is 11.0. The summed E-state index contributed by atoms with van der Waals surface area (Å²) in [5.41, 5.74) is -1.00. The molecule has 0 unspecified atom stereocenters. The van der Waals surface area contributed by atoms with Gasteiger partial charge in [0.25, 0.3) is 26.0 Å². The molecule has 0 bridgehead atoms. The molecular weight excluding hydrogens is 550 g/mol. The maximum Gasteiger partial charge on any atom is 0.264 e. The Labute approximate surface area is 221 Å². The van der Waals surface area contributed by atoms with Gasteiger partial charge in [-0.05, 0) is 47.5 Å². The van der Waals surface area contributed by atoms with Crippen molar-refractivity contribution in [3.8, 4) is 0 Å². The van der Waals surface area contributed by atoms with E-state index in [-0.39, 0.29) is 44.5 Å². The number of hydrogen-bond donors (Lipinski definition) is 3. The second kappa shape index (κ2) is 9.11. The van der Waals surface area contributed by atoms with Crippen molar-refractivity contribution in [2.24, 2.45) is 0 Å². The monoisotopic (exact) mass is 565 g/mol. The quantitative estimate of drug-likeness (QED) is 0.275. The lowest BCUT2D eigenvalue weighted by atomic mass is 10.1. The molecule has 1 aliphatic heterocycles. The Morgan fingerprint density at radius 3 is 1.74 bits per heavy atom. The molecule has 0 aromatic heterocycles. The molecule has 14 heteroatoms. The molecule has 1 heterocycles. The molecule has 1 amide bonds. The van der Waals surface area contributed by atoms with Crippen molar-refractivity contribution in [2.75, 3.05) is 14.8 Å². The second-order valence-corrected chi connectivity index (χ2v) is 11.7. The Morgan fingerprint density at radius 2 is 1.21 bits per heavy atom. The van der Waals surface area contributed by atoms with Crippen molar-refractivity contribution < 1.29 is 41.4 Å². The summed E-state index contributed by atoms with van der Waals surface area (Å²) in [4.78, 5) is 33.9. The van der Waals surface area contributed by atoms with E-state index in [2.05, 4.69) is 14.8 Å². The summed E-state index contributed by atoms with van der Waals surface area (Å²) in [6, 6.07) is 14.6. The van der Waals surface area contributed by atoms with Crippen molar-refractivity contribution >= 4 is 65.7 Å². The Hall–Kier alpha value is -4.95. The van der Waals surface area contributed by atoms with E-state index in [0.717, 1.165) is 18.2 Å². The predicted molar refractivity (Wildman–Crippen MR) is 135 cm³/mol. The van der Waals surface area contributed by atoms with Crippen LogP contribution in [0.4, 0.5) is 17.1 Å². The van der Waals surface area contributed by atoms with Gasteiger partial charge in [-0.3, -0.25) is 14.2 Å². The van der Waals surface area contributed by atoms with Gasteiger partial charge < -0.3 is 25.1 Å². The lowest BCUT2D eigenvalue weighted by molar-refractivity contribution is -0.256. The van der Waals surface area contributed by atoms with Crippen molar-refractivity contribution in [2.45, 2.75) is 9.79 Å². The first-order chi connectivity index (χ1) is 18.4. The largest absolute Gasteiger partial charge is 0.545 e. The summed E-state index contributed by atoms with van der Waals surface area (Å²) in [6.45, 7) is 0. The van der Waals surface area contributed by atoms with Crippen LogP contribution in [0.5, 0.6) is 0 Å². The van der Waals surface area contributed by atoms with Gasteiger partial charge in [0.05, 0.1) is 22.5 Å². The number of carboxylic acids is 2. The number of amides is 1. The summed E-state index contributed by atoms with van der Waals surface area (Å²) in [7, 11) is -9.17. The molecule has 0 atom stereocenters. The van der Waals surface area contributed by atoms with Crippen LogP contribution in [0.2, 0.25) is 0 Å². The fraction of sp³-hybridized carbons (Fsp3) is 0. The van der Waals surface area contributed by atoms with Crippen molar-refractivity contribution in [1.29, 1.82) is 0 Å². The average Bonchev–Trinajstić information content (AvgIpc) is 3.21. The zero-order valence-electron chi connectivity index (χ0n) is 19.4. The Balaban J connectivity index is 1.68. The molecular formula is C25H15N3O9S2-2. The molecule has 4 aromatic rings. The zero-order valence-corrected chi connectivity index (χ0v) is 21.1. The van der Waals surface area contributed by atoms with E-state index in [4.69, 9.17) is 0 Å². The van der Waals surface area contributed by atoms with Gasteiger partial charge in [0.2, 0.25) is 0 Å². The zero-order chi connectivity index (χ0) is 28.1. The summed E-state index contributed by atoms with van der Waals surface area (Å²) in [5.74, 6) is -3.73. The molecule has 0 fully saturated rings. The molecule has 3 N–H and O–H groups in total. The van der Waals surface area contributed by atoms with E-state index in [1.54, 1.807) is 0 Å². The van der Waals surface area contributed by atoms with Crippen LogP contribution in [0.3, 0.4) is 0 Å². The summed E-state index contributed by atoms with van der Waals surface area (Å²) in [6.07, 6.45) is 0. The van der Waals surface area contributed by atoms with Crippen molar-refractivity contribution in [1.82, 2.24) is 0 Å². The number of hydrogen-bond acceptors (Lipinski definition) is 9. The van der Waals surface area contributed by atoms with Crippen LogP contribution in [-0.2, 0) is 20.0 Å². The van der Waals surface area contributed by atoms with E-state index in [0.29, 0.717) is 0 Å². The highest BCUT2D eigenvalue weighted by Gasteiger charge is 2.33. The van der Waals surface area contributed by atoms with Gasteiger partial charge in [-0.15, -0.1) is 0 Å². The van der Waals surface area contributed by atoms with Gasteiger partial charge in [-0.2, -0.15) is 0 Å². The number of carboxylic acid groups (broad SMARTS) is 2. The molecule has 0 aliphatic carbocycles. The molecule has 198 valence electrons. The Morgan fingerprint density at radius 1 is 0.692 bits per heavy atom. The molecule has 0 saturated heterocycles. The number of anilines is 3. The second-order valence-electron chi connectivity index (χ2n) is 8.38. The maximum atomic E-state index is 13.5. The summed E-state index contributed by atoms with van der Waals surface area (Å²) < 4.78 is 58.4. The SMILES string of the molecule is O=C([O-])c1cccc(NS(=O)(=O)c2cc(S(=O)(=O)Nc3cccc(C(=O)[O-])c3)c3cccc4c3c2NC4=O)c1. The van der Waals surface area contributed by atoms with Gasteiger partial charge in [0.15, 0.2) is 0 Å². The Kier molecular flexibility index (Phi) is 6.00. The predicted octanol–water partition coefficient (Wildman–Crippen LogP) is 0.734. The topological polar surface area (TPSA) is 202 Å². The molecule has 0 saturated carbocycles. The van der Waals surface area contributed by atoms with Crippen molar-refractivity contribution in [3.63, 3.8) is 0 Å². The molecule has 5 rings (SSSR count). The fourth-order valence-corrected chi connectivity index (χ4v) is 6.78. The number of carbonyl (C=O) groups excluding carboxylic acids is 3. The lowest BCUT2D eigenvalue weighted by Crippen LogP contribution is -2.23. The van der Waals surface area contributed by atoms with Crippen LogP contribution >= 0.6 is 0 Å². The molecule has 0 spiro atoms. The fourth-order valence-electron chi connectivity index (χ4n) is 4.19. The highest BCUT2D eigenvalue weighted by Crippen LogP contribution is 2.42. The van der Waals surface area contributed by atoms with Crippen molar-refractivity contribution in [3.05, 3.63) is 89.5 Å². The van der Waals surface area contributed by atoms with Gasteiger partial charge in [-0.25, -0.2) is 16.8 Å². The Bertz CT molecular complexity index is 1950. The minimum atomic E-state index is -4.61. The highest BCUT2D eigenvalue weighted by molar-refractivity contribution is 7.93. The van der Waals surface area contributed by atoms with Gasteiger partial charge >= 0.3 is 0 Å². The molecule has 1 aliphatic rings. The number of sulfonamides is 2. The summed E-state index contributed by atoms with van der Waals surface area (Å²) in [5, 5.41) is 24.9. The van der Waals surface area contributed by atoms with Crippen LogP contribution in [0.1, 0.15) is 31.1 Å². The van der Waals surface area contributed by atoms with E-state index in [1.165, 1.54) is 54.6 Å². The smallest absolute Gasteiger partial charge is 0.264 e. The summed E-state index contributed by atoms with van der Waals surface area (Å²) >= 11 is 0. The van der Waals surface area contributed by atoms with Crippen LogP contribution in [-0.4, -0.2) is 34.7 Å². The van der Waals surface area contributed by atoms with Crippen LogP contribution in [0, 0.1) is 0 Å². The highest BCUT2D eigenvalue weighted by atomic mass is 32.2. The standard InChI is InChI=1S/C25H17N3O9S2/c29-23-18-9-3-8-17-19(38(34,35)27-15-6-1-4-13(10-15)24(30)31)12-20(22(26-23)21(17)18)39(36,37)28-16-7-2-5-14(11-16)25(32)33/h1-12,27-28H,(H,26,29)(H,30,31)(H,32,33)/p-2. The van der Waals surface area contributed by atoms with Crippen LogP contribution < -0.4 is 25.0 Å². The van der Waals surface area contributed by atoms with E-state index in [1.807, 2.05) is 0 Å². The van der Waals surface area contributed by atoms with E-state index < -0.39 is 47.7 Å². The third-order valence-electron chi connectivity index (χ3n) is 5.85. The normalized spacial score (nSPS) is 12.7. The van der Waals surface area contributed by atoms with Crippen LogP contribution in [0.15, 0.2) is 82.6 Å². The minimum Gasteiger partial charge on any atom is -0.545 e. The maximum absolute atomic E-state index is 13.5. The van der Waals surface area contributed by atoms with Gasteiger partial charge in [-0.1, -0.05) is 36.4 Å². The number of carbonyl (C=O) groups is 3.